The van der Waals surface area contributed by atoms with Crippen LogP contribution in [0.2, 0.25) is 0 Å². The molecule has 0 saturated carbocycles. The number of benzene rings is 2. The van der Waals surface area contributed by atoms with Gasteiger partial charge in [0, 0.05) is 24.1 Å². The van der Waals surface area contributed by atoms with Crippen molar-refractivity contribution in [2.75, 3.05) is 6.61 Å². The standard InChI is InChI=1S/C19H15F2NO5/c20-19(21)26-15-3-1-2-12(8-15)10-22-17(23)11-25-14-6-4-13-5-7-18(24)27-16(13)9-14/h1-9,19H,10-11H2,(H,22,23). The third-order valence-electron chi connectivity index (χ3n) is 3.58. The highest BCUT2D eigenvalue weighted by molar-refractivity contribution is 5.79. The molecule has 0 unspecified atom stereocenters. The molecule has 0 aliphatic carbocycles. The van der Waals surface area contributed by atoms with E-state index in [1.807, 2.05) is 0 Å². The van der Waals surface area contributed by atoms with Crippen molar-refractivity contribution in [3.05, 3.63) is 70.6 Å². The number of hydrogen-bond donors (Lipinski definition) is 1. The zero-order valence-corrected chi connectivity index (χ0v) is 14.0. The molecule has 3 rings (SSSR count). The van der Waals surface area contributed by atoms with Gasteiger partial charge in [-0.05, 0) is 35.9 Å². The van der Waals surface area contributed by atoms with Crippen molar-refractivity contribution in [1.29, 1.82) is 0 Å². The SMILES string of the molecule is O=C(COc1ccc2ccc(=O)oc2c1)NCc1cccc(OC(F)F)c1. The van der Waals surface area contributed by atoms with Crippen molar-refractivity contribution in [2.24, 2.45) is 0 Å². The maximum Gasteiger partial charge on any atom is 0.387 e. The Morgan fingerprint density at radius 2 is 1.89 bits per heavy atom. The quantitative estimate of drug-likeness (QED) is 0.642. The van der Waals surface area contributed by atoms with Crippen molar-refractivity contribution in [1.82, 2.24) is 5.32 Å². The highest BCUT2D eigenvalue weighted by atomic mass is 19.3. The first-order valence-corrected chi connectivity index (χ1v) is 7.97. The van der Waals surface area contributed by atoms with Crippen LogP contribution in [0.15, 0.2) is 63.8 Å². The summed E-state index contributed by atoms with van der Waals surface area (Å²) < 4.78 is 39.2. The van der Waals surface area contributed by atoms with E-state index in [4.69, 9.17) is 9.15 Å². The van der Waals surface area contributed by atoms with Gasteiger partial charge in [-0.3, -0.25) is 4.79 Å². The van der Waals surface area contributed by atoms with Gasteiger partial charge >= 0.3 is 12.2 Å². The van der Waals surface area contributed by atoms with E-state index >= 15 is 0 Å². The first-order chi connectivity index (χ1) is 13.0. The molecule has 2 aromatic carbocycles. The summed E-state index contributed by atoms with van der Waals surface area (Å²) in [6.07, 6.45) is 0. The van der Waals surface area contributed by atoms with Crippen molar-refractivity contribution in [3.63, 3.8) is 0 Å². The van der Waals surface area contributed by atoms with Crippen LogP contribution in [0.1, 0.15) is 5.56 Å². The minimum absolute atomic E-state index is 0.0191. The normalized spacial score (nSPS) is 10.8. The molecule has 1 aromatic heterocycles. The monoisotopic (exact) mass is 375 g/mol. The molecule has 8 heteroatoms. The molecule has 0 atom stereocenters. The van der Waals surface area contributed by atoms with E-state index < -0.39 is 18.1 Å². The highest BCUT2D eigenvalue weighted by Crippen LogP contribution is 2.19. The Morgan fingerprint density at radius 1 is 1.07 bits per heavy atom. The molecule has 27 heavy (non-hydrogen) atoms. The number of halogens is 2. The summed E-state index contributed by atoms with van der Waals surface area (Å²) in [5.41, 5.74) is 0.487. The number of hydrogen-bond acceptors (Lipinski definition) is 5. The number of nitrogens with one attached hydrogen (secondary N) is 1. The second kappa shape index (κ2) is 8.31. The van der Waals surface area contributed by atoms with E-state index in [-0.39, 0.29) is 18.9 Å². The Kier molecular flexibility index (Phi) is 5.65. The number of ether oxygens (including phenoxy) is 2. The summed E-state index contributed by atoms with van der Waals surface area (Å²) in [5, 5.41) is 3.35. The van der Waals surface area contributed by atoms with Gasteiger partial charge < -0.3 is 19.2 Å². The molecule has 1 amide bonds. The van der Waals surface area contributed by atoms with Gasteiger partial charge in [-0.1, -0.05) is 12.1 Å². The number of amides is 1. The Hall–Kier alpha value is -3.42. The van der Waals surface area contributed by atoms with Crippen molar-refractivity contribution < 1.29 is 27.5 Å². The van der Waals surface area contributed by atoms with Gasteiger partial charge in [-0.15, -0.1) is 0 Å². The fourth-order valence-corrected chi connectivity index (χ4v) is 2.36. The van der Waals surface area contributed by atoms with E-state index in [0.717, 1.165) is 5.39 Å². The van der Waals surface area contributed by atoms with E-state index in [1.54, 1.807) is 30.3 Å². The third kappa shape index (κ3) is 5.27. The largest absolute Gasteiger partial charge is 0.484 e. The number of carbonyl (C=O) groups excluding carboxylic acids is 1. The zero-order chi connectivity index (χ0) is 19.2. The fraction of sp³-hybridized carbons (Fsp3) is 0.158. The Balaban J connectivity index is 1.53. The van der Waals surface area contributed by atoms with Crippen LogP contribution in [-0.2, 0) is 11.3 Å². The van der Waals surface area contributed by atoms with Gasteiger partial charge in [0.2, 0.25) is 0 Å². The van der Waals surface area contributed by atoms with Crippen LogP contribution in [0.25, 0.3) is 11.0 Å². The first kappa shape index (κ1) is 18.4. The van der Waals surface area contributed by atoms with E-state index in [9.17, 15) is 18.4 Å². The molecular weight excluding hydrogens is 360 g/mol. The van der Waals surface area contributed by atoms with Crippen LogP contribution in [0.5, 0.6) is 11.5 Å². The van der Waals surface area contributed by atoms with Crippen molar-refractivity contribution >= 4 is 16.9 Å². The molecule has 0 spiro atoms. The topological polar surface area (TPSA) is 77.8 Å². The molecular formula is C19H15F2NO5. The summed E-state index contributed by atoms with van der Waals surface area (Å²) in [4.78, 5) is 23.2. The molecule has 0 bridgehead atoms. The summed E-state index contributed by atoms with van der Waals surface area (Å²) >= 11 is 0. The second-order valence-electron chi connectivity index (χ2n) is 5.55. The van der Waals surface area contributed by atoms with Gasteiger partial charge in [0.25, 0.3) is 5.91 Å². The minimum Gasteiger partial charge on any atom is -0.484 e. The molecule has 140 valence electrons. The maximum absolute atomic E-state index is 12.2. The van der Waals surface area contributed by atoms with Gasteiger partial charge in [-0.2, -0.15) is 8.78 Å². The molecule has 0 aliphatic rings. The van der Waals surface area contributed by atoms with Gasteiger partial charge in [-0.25, -0.2) is 4.79 Å². The molecule has 3 aromatic rings. The highest BCUT2D eigenvalue weighted by Gasteiger charge is 2.07. The number of alkyl halides is 2. The lowest BCUT2D eigenvalue weighted by Gasteiger charge is -2.09. The Bertz CT molecular complexity index is 1000. The lowest BCUT2D eigenvalue weighted by molar-refractivity contribution is -0.123. The fourth-order valence-electron chi connectivity index (χ4n) is 2.36. The third-order valence-corrected chi connectivity index (χ3v) is 3.58. The van der Waals surface area contributed by atoms with Crippen LogP contribution in [0.4, 0.5) is 8.78 Å². The van der Waals surface area contributed by atoms with E-state index in [1.165, 1.54) is 24.3 Å². The minimum atomic E-state index is -2.91. The van der Waals surface area contributed by atoms with Crippen LogP contribution in [0, 0.1) is 0 Å². The first-order valence-electron chi connectivity index (χ1n) is 7.97. The lowest BCUT2D eigenvalue weighted by atomic mass is 10.2. The molecule has 0 fully saturated rings. The van der Waals surface area contributed by atoms with Gasteiger partial charge in [0.15, 0.2) is 6.61 Å². The van der Waals surface area contributed by atoms with Crippen LogP contribution in [0.3, 0.4) is 0 Å². The zero-order valence-electron chi connectivity index (χ0n) is 14.0. The van der Waals surface area contributed by atoms with Crippen LogP contribution < -0.4 is 20.4 Å². The summed E-state index contributed by atoms with van der Waals surface area (Å²) in [6, 6.07) is 13.9. The molecule has 0 aliphatic heterocycles. The number of rotatable bonds is 7. The predicted molar refractivity (Wildman–Crippen MR) is 92.9 cm³/mol. The number of carbonyl (C=O) groups is 1. The number of fused-ring (bicyclic) bond motifs is 1. The predicted octanol–water partition coefficient (Wildman–Crippen LogP) is 3.09. The maximum atomic E-state index is 12.2. The van der Waals surface area contributed by atoms with E-state index in [2.05, 4.69) is 10.1 Å². The summed E-state index contributed by atoms with van der Waals surface area (Å²) in [7, 11) is 0. The lowest BCUT2D eigenvalue weighted by Crippen LogP contribution is -2.28. The van der Waals surface area contributed by atoms with Crippen LogP contribution >= 0.6 is 0 Å². The smallest absolute Gasteiger partial charge is 0.387 e. The van der Waals surface area contributed by atoms with Crippen molar-refractivity contribution in [2.45, 2.75) is 13.2 Å². The molecule has 6 nitrogen and oxygen atoms in total. The molecule has 1 heterocycles. The Labute approximate surface area is 152 Å². The molecule has 0 radical (unpaired) electrons. The van der Waals surface area contributed by atoms with E-state index in [0.29, 0.717) is 16.9 Å². The van der Waals surface area contributed by atoms with Gasteiger partial charge in [0.1, 0.15) is 17.1 Å². The average Bonchev–Trinajstić information content (AvgIpc) is 2.64. The van der Waals surface area contributed by atoms with Crippen molar-refractivity contribution in [3.8, 4) is 11.5 Å². The van der Waals surface area contributed by atoms with Crippen LogP contribution in [-0.4, -0.2) is 19.1 Å². The second-order valence-corrected chi connectivity index (χ2v) is 5.55. The average molecular weight is 375 g/mol. The Morgan fingerprint density at radius 3 is 2.70 bits per heavy atom. The molecule has 1 N–H and O–H groups in total. The van der Waals surface area contributed by atoms with Gasteiger partial charge in [0.05, 0.1) is 0 Å². The molecule has 0 saturated heterocycles. The summed E-state index contributed by atoms with van der Waals surface area (Å²) in [5.74, 6) is -0.00484. The summed E-state index contributed by atoms with van der Waals surface area (Å²) in [6.45, 7) is -3.03.